The van der Waals surface area contributed by atoms with E-state index in [2.05, 4.69) is 0 Å². The molecule has 2 amide bonds. The van der Waals surface area contributed by atoms with Gasteiger partial charge in [0, 0.05) is 6.07 Å². The number of hydroxylamine groups is 2. The molecule has 0 unspecified atom stereocenters. The fourth-order valence-electron chi connectivity index (χ4n) is 2.21. The van der Waals surface area contributed by atoms with Crippen molar-refractivity contribution in [3.8, 4) is 11.5 Å². The second kappa shape index (κ2) is 6.41. The molecule has 0 bridgehead atoms. The molecule has 0 aromatic heterocycles. The Morgan fingerprint density at radius 3 is 2.21 bits per heavy atom. The third-order valence-electron chi connectivity index (χ3n) is 3.35. The Bertz CT molecular complexity index is 781. The summed E-state index contributed by atoms with van der Waals surface area (Å²) in [4.78, 5) is 40.8. The Hall–Kier alpha value is -3.35. The number of rotatable bonds is 5. The van der Waals surface area contributed by atoms with Gasteiger partial charge in [0.1, 0.15) is 11.5 Å². The minimum Gasteiger partial charge on any atom is -0.497 e. The van der Waals surface area contributed by atoms with Crippen LogP contribution < -0.4 is 9.47 Å². The van der Waals surface area contributed by atoms with Crippen LogP contribution in [-0.4, -0.2) is 36.6 Å². The lowest BCUT2D eigenvalue weighted by atomic mass is 10.1. The van der Waals surface area contributed by atoms with Crippen LogP contribution >= 0.6 is 0 Å². The molecule has 2 aromatic carbocycles. The van der Waals surface area contributed by atoms with E-state index in [1.165, 1.54) is 19.2 Å². The maximum atomic E-state index is 12.1. The van der Waals surface area contributed by atoms with Crippen molar-refractivity contribution in [2.75, 3.05) is 13.7 Å². The quantitative estimate of drug-likeness (QED) is 0.779. The largest absolute Gasteiger partial charge is 0.497 e. The lowest BCUT2D eigenvalue weighted by Crippen LogP contribution is -2.34. The standard InChI is InChI=1S/C17H13NO6/c1-22-11-5-4-6-12(9-11)23-10-15(19)24-18-16(20)13-7-2-3-8-14(13)17(18)21/h2-9H,10H2,1H3. The zero-order valence-electron chi connectivity index (χ0n) is 12.7. The molecule has 24 heavy (non-hydrogen) atoms. The van der Waals surface area contributed by atoms with E-state index in [0.29, 0.717) is 16.6 Å². The second-order valence-electron chi connectivity index (χ2n) is 4.88. The molecule has 0 N–H and O–H groups in total. The molecule has 1 aliphatic heterocycles. The number of hydrogen-bond donors (Lipinski definition) is 0. The average molecular weight is 327 g/mol. The van der Waals surface area contributed by atoms with Crippen LogP contribution in [0.2, 0.25) is 0 Å². The zero-order valence-corrected chi connectivity index (χ0v) is 12.7. The van der Waals surface area contributed by atoms with Gasteiger partial charge in [-0.05, 0) is 24.3 Å². The van der Waals surface area contributed by atoms with E-state index in [1.54, 1.807) is 36.4 Å². The first-order valence-electron chi connectivity index (χ1n) is 7.05. The smallest absolute Gasteiger partial charge is 0.370 e. The van der Waals surface area contributed by atoms with Crippen LogP contribution in [0.1, 0.15) is 20.7 Å². The topological polar surface area (TPSA) is 82.1 Å². The van der Waals surface area contributed by atoms with Gasteiger partial charge in [-0.3, -0.25) is 9.59 Å². The number of carbonyl (C=O) groups is 3. The summed E-state index contributed by atoms with van der Waals surface area (Å²) in [5.41, 5.74) is 0.396. The molecule has 1 aliphatic rings. The maximum absolute atomic E-state index is 12.1. The predicted octanol–water partition coefficient (Wildman–Crippen LogP) is 1.83. The van der Waals surface area contributed by atoms with Gasteiger partial charge in [-0.15, -0.1) is 0 Å². The average Bonchev–Trinajstić information content (AvgIpc) is 2.85. The SMILES string of the molecule is COc1cccc(OCC(=O)ON2C(=O)c3ccccc3C2=O)c1. The van der Waals surface area contributed by atoms with Gasteiger partial charge in [-0.25, -0.2) is 4.79 Å². The monoisotopic (exact) mass is 327 g/mol. The van der Waals surface area contributed by atoms with Crippen molar-refractivity contribution in [1.82, 2.24) is 5.06 Å². The number of carbonyl (C=O) groups excluding carboxylic acids is 3. The highest BCUT2D eigenvalue weighted by Gasteiger charge is 2.38. The van der Waals surface area contributed by atoms with E-state index in [1.807, 2.05) is 0 Å². The molecule has 0 atom stereocenters. The highest BCUT2D eigenvalue weighted by Crippen LogP contribution is 2.23. The highest BCUT2D eigenvalue weighted by atomic mass is 16.7. The number of ether oxygens (including phenoxy) is 2. The van der Waals surface area contributed by atoms with Crippen molar-refractivity contribution in [3.05, 3.63) is 59.7 Å². The van der Waals surface area contributed by atoms with Crippen molar-refractivity contribution in [1.29, 1.82) is 0 Å². The lowest BCUT2D eigenvalue weighted by Gasteiger charge is -2.13. The number of benzene rings is 2. The van der Waals surface area contributed by atoms with E-state index in [0.717, 1.165) is 0 Å². The predicted molar refractivity (Wildman–Crippen MR) is 81.5 cm³/mol. The summed E-state index contributed by atoms with van der Waals surface area (Å²) in [7, 11) is 1.51. The fourth-order valence-corrected chi connectivity index (χ4v) is 2.21. The van der Waals surface area contributed by atoms with Gasteiger partial charge in [0.2, 0.25) is 0 Å². The first-order chi connectivity index (χ1) is 11.6. The summed E-state index contributed by atoms with van der Waals surface area (Å²) in [5, 5.41) is 0.446. The Balaban J connectivity index is 1.62. The molecular formula is C17H13NO6. The summed E-state index contributed by atoms with van der Waals surface area (Å²) in [6.45, 7) is -0.458. The fraction of sp³-hybridized carbons (Fsp3) is 0.118. The van der Waals surface area contributed by atoms with Gasteiger partial charge in [-0.1, -0.05) is 23.3 Å². The van der Waals surface area contributed by atoms with Gasteiger partial charge in [0.25, 0.3) is 11.8 Å². The molecular weight excluding hydrogens is 314 g/mol. The molecule has 0 saturated carbocycles. The van der Waals surface area contributed by atoms with Crippen LogP contribution in [0.25, 0.3) is 0 Å². The summed E-state index contributed by atoms with van der Waals surface area (Å²) in [6.07, 6.45) is 0. The number of fused-ring (bicyclic) bond motifs is 1. The Morgan fingerprint density at radius 1 is 0.958 bits per heavy atom. The van der Waals surface area contributed by atoms with Crippen molar-refractivity contribution in [2.45, 2.75) is 0 Å². The van der Waals surface area contributed by atoms with Crippen LogP contribution in [0.5, 0.6) is 11.5 Å². The number of amides is 2. The molecule has 0 aliphatic carbocycles. The minimum atomic E-state index is -0.868. The summed E-state index contributed by atoms with van der Waals surface area (Å²) in [6, 6.07) is 12.9. The van der Waals surface area contributed by atoms with Crippen molar-refractivity contribution >= 4 is 17.8 Å². The molecule has 122 valence electrons. The Morgan fingerprint density at radius 2 is 1.58 bits per heavy atom. The zero-order chi connectivity index (χ0) is 17.1. The third kappa shape index (κ3) is 2.91. The normalized spacial score (nSPS) is 12.8. The third-order valence-corrected chi connectivity index (χ3v) is 3.35. The van der Waals surface area contributed by atoms with E-state index in [-0.39, 0.29) is 11.1 Å². The molecule has 2 aromatic rings. The first kappa shape index (κ1) is 15.5. The van der Waals surface area contributed by atoms with Crippen LogP contribution in [0.4, 0.5) is 0 Å². The van der Waals surface area contributed by atoms with Crippen LogP contribution in [0.15, 0.2) is 48.5 Å². The van der Waals surface area contributed by atoms with Gasteiger partial charge in [-0.2, -0.15) is 0 Å². The summed E-state index contributed by atoms with van der Waals surface area (Å²) < 4.78 is 10.3. The summed E-state index contributed by atoms with van der Waals surface area (Å²) in [5.74, 6) is -1.25. The Kier molecular flexibility index (Phi) is 4.15. The molecule has 7 heteroatoms. The van der Waals surface area contributed by atoms with Crippen LogP contribution in [0.3, 0.4) is 0 Å². The Labute approximate surface area is 137 Å². The van der Waals surface area contributed by atoms with Crippen LogP contribution in [0, 0.1) is 0 Å². The second-order valence-corrected chi connectivity index (χ2v) is 4.88. The first-order valence-corrected chi connectivity index (χ1v) is 7.05. The summed E-state index contributed by atoms with van der Waals surface area (Å²) >= 11 is 0. The molecule has 0 spiro atoms. The van der Waals surface area contributed by atoms with E-state index < -0.39 is 24.4 Å². The van der Waals surface area contributed by atoms with Gasteiger partial charge in [0.05, 0.1) is 18.2 Å². The molecule has 0 radical (unpaired) electrons. The van der Waals surface area contributed by atoms with Gasteiger partial charge >= 0.3 is 5.97 Å². The molecule has 0 fully saturated rings. The number of methoxy groups -OCH3 is 1. The minimum absolute atomic E-state index is 0.198. The number of hydrogen-bond acceptors (Lipinski definition) is 6. The number of nitrogens with zero attached hydrogens (tertiary/aromatic N) is 1. The van der Waals surface area contributed by atoms with Gasteiger partial charge in [0.15, 0.2) is 6.61 Å². The van der Waals surface area contributed by atoms with Crippen molar-refractivity contribution in [2.24, 2.45) is 0 Å². The molecule has 1 heterocycles. The van der Waals surface area contributed by atoms with E-state index in [4.69, 9.17) is 14.3 Å². The van der Waals surface area contributed by atoms with E-state index in [9.17, 15) is 14.4 Å². The molecule has 3 rings (SSSR count). The van der Waals surface area contributed by atoms with Crippen LogP contribution in [-0.2, 0) is 9.63 Å². The highest BCUT2D eigenvalue weighted by molar-refractivity contribution is 6.20. The van der Waals surface area contributed by atoms with Crippen molar-refractivity contribution in [3.63, 3.8) is 0 Å². The lowest BCUT2D eigenvalue weighted by molar-refractivity contribution is -0.170. The number of imide groups is 1. The van der Waals surface area contributed by atoms with Gasteiger partial charge < -0.3 is 14.3 Å². The van der Waals surface area contributed by atoms with Crippen molar-refractivity contribution < 1.29 is 28.7 Å². The molecule has 0 saturated heterocycles. The van der Waals surface area contributed by atoms with E-state index >= 15 is 0 Å². The maximum Gasteiger partial charge on any atom is 0.370 e. The molecule has 7 nitrogen and oxygen atoms in total.